The Morgan fingerprint density at radius 1 is 0.388 bits per heavy atom. The second-order valence-electron chi connectivity index (χ2n) is 17.1. The maximum atomic E-state index is 6.70. The Morgan fingerprint density at radius 2 is 0.633 bits per heavy atom. The van der Waals surface area contributed by atoms with E-state index in [1.807, 2.05) is 0 Å². The average Bonchev–Trinajstić information content (AvgIpc) is 2.93. The summed E-state index contributed by atoms with van der Waals surface area (Å²) in [5.74, 6) is 6.43. The van der Waals surface area contributed by atoms with Gasteiger partial charge < -0.3 is 23.9 Å². The number of halogens is 6. The van der Waals surface area contributed by atoms with Gasteiger partial charge in [-0.1, -0.05) is 179 Å². The van der Waals surface area contributed by atoms with E-state index in [1.54, 1.807) is 0 Å². The summed E-state index contributed by atoms with van der Waals surface area (Å²) in [5.41, 5.74) is 0. The van der Waals surface area contributed by atoms with Crippen molar-refractivity contribution in [1.82, 2.24) is 0 Å². The molecule has 0 nitrogen and oxygen atoms in total. The van der Waals surface area contributed by atoms with E-state index in [0.29, 0.717) is 5.92 Å². The molecule has 0 heterocycles. The topological polar surface area (TPSA) is 0 Å². The fourth-order valence-corrected chi connectivity index (χ4v) is 10.7. The third-order valence-corrected chi connectivity index (χ3v) is 16.2. The molecule has 0 aliphatic carbocycles. The van der Waals surface area contributed by atoms with Gasteiger partial charge in [0.05, 0.1) is 0 Å². The summed E-state index contributed by atoms with van der Waals surface area (Å²) in [6.45, 7) is 29.5. The molecule has 49 heavy (non-hydrogen) atoms. The normalized spacial score (nSPS) is 14.3. The van der Waals surface area contributed by atoms with E-state index < -0.39 is 12.7 Å². The Hall–Kier alpha value is 3.13. The van der Waals surface area contributed by atoms with Crippen molar-refractivity contribution in [1.29, 1.82) is 0 Å². The van der Waals surface area contributed by atoms with Gasteiger partial charge in [0.2, 0.25) is 0 Å². The van der Waals surface area contributed by atoms with Gasteiger partial charge >= 0.3 is 29.1 Å². The van der Waals surface area contributed by atoms with Crippen LogP contribution in [0.4, 0.5) is 0 Å². The van der Waals surface area contributed by atoms with Gasteiger partial charge in [-0.15, -0.1) is 55.4 Å². The van der Waals surface area contributed by atoms with Gasteiger partial charge in [-0.05, 0) is 66.0 Å². The Morgan fingerprint density at radius 3 is 0.857 bits per heavy atom. The minimum Gasteiger partial charge on any atom is -1.00 e. The van der Waals surface area contributed by atoms with Crippen molar-refractivity contribution in [2.45, 2.75) is 204 Å². The molecule has 4 unspecified atom stereocenters. The number of hydrogen-bond acceptors (Lipinski definition) is 0. The minimum absolute atomic E-state index is 0. The van der Waals surface area contributed by atoms with Crippen LogP contribution in [0.5, 0.6) is 0 Å². The first-order chi connectivity index (χ1) is 21.6. The first-order valence-electron chi connectivity index (χ1n) is 19.8. The Bertz CT molecular complexity index is 637. The van der Waals surface area contributed by atoms with Crippen LogP contribution in [0.2, 0.25) is 18.1 Å². The summed E-state index contributed by atoms with van der Waals surface area (Å²) >= 11 is 30.9. The molecule has 9 heteroatoms. The Balaban J connectivity index is -0.000000212. The van der Waals surface area contributed by atoms with Gasteiger partial charge in [0.25, 0.3) is 6.69 Å². The first kappa shape index (κ1) is 61.4. The molecule has 0 aromatic heterocycles. The molecule has 0 spiro atoms. The summed E-state index contributed by atoms with van der Waals surface area (Å²) in [6.07, 6.45) is 20.7. The average molecular weight is 903 g/mol. The van der Waals surface area contributed by atoms with E-state index in [-0.39, 0.29) is 40.0 Å². The smallest absolute Gasteiger partial charge is 1.00 e. The van der Waals surface area contributed by atoms with E-state index >= 15 is 0 Å². The fourth-order valence-electron chi connectivity index (χ4n) is 5.53. The number of rotatable bonds is 26. The summed E-state index contributed by atoms with van der Waals surface area (Å²) in [6, 6.07) is 0.604. The molecule has 0 bridgehead atoms. The van der Waals surface area contributed by atoms with Crippen molar-refractivity contribution in [3.05, 3.63) is 6.92 Å². The molecule has 0 aromatic carbocycles. The van der Waals surface area contributed by atoms with Crippen LogP contribution in [0.15, 0.2) is 0 Å². The zero-order chi connectivity index (χ0) is 37.1. The van der Waals surface area contributed by atoms with Crippen LogP contribution >= 0.6 is 55.4 Å². The van der Waals surface area contributed by atoms with Crippen molar-refractivity contribution in [2.24, 2.45) is 47.3 Å². The molecule has 0 saturated carbocycles. The minimum atomic E-state index is -2.36. The van der Waals surface area contributed by atoms with Crippen LogP contribution in [-0.4, -0.2) is 35.7 Å². The maximum Gasteiger partial charge on any atom is 2.00 e. The molecule has 0 saturated heterocycles. The van der Waals surface area contributed by atoms with E-state index in [1.165, 1.54) is 89.9 Å². The van der Waals surface area contributed by atoms with Crippen LogP contribution in [0.1, 0.15) is 186 Å². The molecule has 4 atom stereocenters. The van der Waals surface area contributed by atoms with Gasteiger partial charge in [0.15, 0.2) is 0 Å². The SMILES string of the molecule is CC(C)CCCC(C)CC[Si](Cl)(Cl)CCC(C)CCCC(C)C.CC(C)CCCC(C)CC[Si](Cl)(Cl)Cl.[Br-].[CH2-]CC(C)CCCC(C)C.[Mg+2]. The van der Waals surface area contributed by atoms with E-state index in [2.05, 4.69) is 90.0 Å². The van der Waals surface area contributed by atoms with Crippen molar-refractivity contribution >= 4 is 91.1 Å². The Kier molecular flexibility index (Phi) is 47.6. The molecular weight excluding hydrogens is 818 g/mol. The molecule has 0 amide bonds. The van der Waals surface area contributed by atoms with Gasteiger partial charge in [-0.2, -0.15) is 6.42 Å². The maximum absolute atomic E-state index is 6.70. The predicted octanol–water partition coefficient (Wildman–Crippen LogP) is 14.4. The van der Waals surface area contributed by atoms with Crippen molar-refractivity contribution in [2.75, 3.05) is 0 Å². The molecule has 0 rings (SSSR count). The Labute approximate surface area is 363 Å². The summed E-state index contributed by atoms with van der Waals surface area (Å²) < 4.78 is 0. The van der Waals surface area contributed by atoms with Gasteiger partial charge in [-0.25, -0.2) is 0 Å². The second-order valence-corrected chi connectivity index (χ2v) is 34.0. The van der Waals surface area contributed by atoms with Crippen LogP contribution in [-0.2, 0) is 0 Å². The largest absolute Gasteiger partial charge is 2.00 e. The van der Waals surface area contributed by atoms with E-state index in [0.717, 1.165) is 72.4 Å². The molecule has 0 aliphatic rings. The molecule has 296 valence electrons. The molecule has 0 N–H and O–H groups in total. The molecule has 0 aromatic rings. The third-order valence-electron chi connectivity index (χ3n) is 9.33. The van der Waals surface area contributed by atoms with Gasteiger partial charge in [-0.3, -0.25) is 0 Å². The summed E-state index contributed by atoms with van der Waals surface area (Å²) in [5, 5.41) is 0. The van der Waals surface area contributed by atoms with E-state index in [4.69, 9.17) is 55.4 Å². The van der Waals surface area contributed by atoms with Crippen molar-refractivity contribution in [3.8, 4) is 0 Å². The van der Waals surface area contributed by atoms with Crippen LogP contribution < -0.4 is 17.0 Å². The monoisotopic (exact) mass is 898 g/mol. The second kappa shape index (κ2) is 38.0. The first-order valence-corrected chi connectivity index (χ1v) is 29.5. The zero-order valence-corrected chi connectivity index (χ0v) is 43.5. The summed E-state index contributed by atoms with van der Waals surface area (Å²) in [4.78, 5) is 0. The van der Waals surface area contributed by atoms with Crippen LogP contribution in [0, 0.1) is 54.3 Å². The molecular formula is C40H84BrCl5MgSi2. The standard InChI is InChI=1S/C20H42Cl2Si.C10H21Cl3Si.C10H21.BrH.Mg/c1-17(2)9-7-11-19(5)13-15-23(21,22)16-14-20(6)12-8-10-18(3)4;1-9(2)5-4-6-10(3)7-8-14(11,12)13;1-5-10(4)8-6-7-9(2)3;;/h17-20H,7-16H2,1-6H3;9-10H,4-8H2,1-3H3;9-10H,1,5-8H2,2-4H3;1H;/q;;-1;;+2/p-1. The molecule has 0 radical (unpaired) electrons. The zero-order valence-electron chi connectivity index (χ0n) is 34.7. The van der Waals surface area contributed by atoms with Crippen LogP contribution in [0.3, 0.4) is 0 Å². The quantitative estimate of drug-likeness (QED) is 0.0461. The number of hydrogen-bond donors (Lipinski definition) is 0. The van der Waals surface area contributed by atoms with Gasteiger partial charge in [0, 0.05) is 0 Å². The summed E-state index contributed by atoms with van der Waals surface area (Å²) in [7, 11) is 0. The van der Waals surface area contributed by atoms with Crippen molar-refractivity contribution < 1.29 is 17.0 Å². The molecule has 0 fully saturated rings. The van der Waals surface area contributed by atoms with Gasteiger partial charge in [0.1, 0.15) is 0 Å². The fraction of sp³-hybridized carbons (Fsp3) is 0.975. The molecule has 0 aliphatic heterocycles. The van der Waals surface area contributed by atoms with Crippen molar-refractivity contribution in [3.63, 3.8) is 0 Å². The van der Waals surface area contributed by atoms with Crippen LogP contribution in [0.25, 0.3) is 0 Å². The third kappa shape index (κ3) is 55.6. The predicted molar refractivity (Wildman–Crippen MR) is 236 cm³/mol. The van der Waals surface area contributed by atoms with E-state index in [9.17, 15) is 0 Å².